The summed E-state index contributed by atoms with van der Waals surface area (Å²) in [6, 6.07) is 0. The molecule has 10 heteroatoms. The van der Waals surface area contributed by atoms with Crippen LogP contribution < -0.4 is 0 Å². The molecule has 0 bridgehead atoms. The van der Waals surface area contributed by atoms with E-state index in [4.69, 9.17) is 64.1 Å². The van der Waals surface area contributed by atoms with Gasteiger partial charge < -0.3 is 0 Å². The SMILES string of the molecule is CC(CCCSSCCCC(C)CS(Cl)(Cl)Cl)CS(Cl)(Cl)Cl. The van der Waals surface area contributed by atoms with Gasteiger partial charge in [0.1, 0.15) is 0 Å². The summed E-state index contributed by atoms with van der Waals surface area (Å²) >= 11 is 0. The summed E-state index contributed by atoms with van der Waals surface area (Å²) in [4.78, 5) is 0. The molecular weight excluding hydrogens is 485 g/mol. The van der Waals surface area contributed by atoms with Crippen LogP contribution in [0.25, 0.3) is 0 Å². The van der Waals surface area contributed by atoms with Gasteiger partial charge in [0.2, 0.25) is 0 Å². The molecule has 0 heterocycles. The number of rotatable bonds is 13. The average Bonchev–Trinajstić information content (AvgIpc) is 2.27. The summed E-state index contributed by atoms with van der Waals surface area (Å²) in [6.45, 7) is 4.31. The first kappa shape index (κ1) is 25.1. The third-order valence-electron chi connectivity index (χ3n) is 2.88. The molecule has 138 valence electrons. The van der Waals surface area contributed by atoms with Gasteiger partial charge in [0.15, 0.2) is 0 Å². The number of hydrogen-bond donors (Lipinski definition) is 0. The van der Waals surface area contributed by atoms with E-state index >= 15 is 0 Å². The molecule has 0 spiro atoms. The zero-order valence-corrected chi connectivity index (χ0v) is 20.5. The standard InChI is InChI=1S/C12H24Cl6S4/c1-11(9-21(13,14)15)5-3-7-19-20-8-4-6-12(2)10-22(16,17)18/h11-12H,3-10H2,1-2H3. The van der Waals surface area contributed by atoms with Crippen molar-refractivity contribution in [3.63, 3.8) is 0 Å². The fraction of sp³-hybridized carbons (Fsp3) is 1.00. The maximum Gasteiger partial charge on any atom is 0.0190 e. The third-order valence-corrected chi connectivity index (χ3v) is 9.62. The zero-order valence-electron chi connectivity index (χ0n) is 12.7. The van der Waals surface area contributed by atoms with Crippen LogP contribution in [-0.4, -0.2) is 23.0 Å². The van der Waals surface area contributed by atoms with Gasteiger partial charge in [-0.1, -0.05) is 35.4 Å². The second kappa shape index (κ2) is 13.3. The Morgan fingerprint density at radius 1 is 0.682 bits per heavy atom. The Labute approximate surface area is 173 Å². The summed E-state index contributed by atoms with van der Waals surface area (Å²) < 4.78 is 0. The Hall–Kier alpha value is 3.14. The van der Waals surface area contributed by atoms with Crippen LogP contribution in [0.1, 0.15) is 39.5 Å². The minimum absolute atomic E-state index is 0.485. The van der Waals surface area contributed by atoms with Crippen LogP contribution in [0.3, 0.4) is 0 Å². The highest BCUT2D eigenvalue weighted by atomic mass is 36.2. The van der Waals surface area contributed by atoms with Crippen molar-refractivity contribution in [1.82, 2.24) is 0 Å². The van der Waals surface area contributed by atoms with E-state index in [1.54, 1.807) is 0 Å². The molecule has 0 saturated heterocycles. The van der Waals surface area contributed by atoms with E-state index in [-0.39, 0.29) is 0 Å². The van der Waals surface area contributed by atoms with Crippen LogP contribution >= 0.6 is 101 Å². The monoisotopic (exact) mass is 506 g/mol. The van der Waals surface area contributed by atoms with Crippen LogP contribution in [0.5, 0.6) is 0 Å². The smallest absolute Gasteiger partial charge is 0.0190 e. The lowest BCUT2D eigenvalue weighted by molar-refractivity contribution is 0.588. The lowest BCUT2D eigenvalue weighted by Gasteiger charge is -2.20. The highest BCUT2D eigenvalue weighted by Crippen LogP contribution is 2.64. The molecule has 0 amide bonds. The molecule has 0 fully saturated rings. The van der Waals surface area contributed by atoms with Gasteiger partial charge in [-0.25, -0.2) is 0 Å². The number of hydrogen-bond acceptors (Lipinski definition) is 2. The molecule has 2 unspecified atom stereocenters. The first-order chi connectivity index (χ1) is 9.99. The Morgan fingerprint density at radius 2 is 1.00 bits per heavy atom. The molecule has 0 aromatic carbocycles. The van der Waals surface area contributed by atoms with Crippen molar-refractivity contribution in [1.29, 1.82) is 0 Å². The van der Waals surface area contributed by atoms with Crippen LogP contribution in [0.15, 0.2) is 0 Å². The predicted octanol–water partition coefficient (Wildman–Crippen LogP) is 9.73. The van der Waals surface area contributed by atoms with Gasteiger partial charge in [0, 0.05) is 23.0 Å². The number of halogens is 6. The van der Waals surface area contributed by atoms with Crippen molar-refractivity contribution in [3.05, 3.63) is 0 Å². The molecule has 0 aliphatic rings. The summed E-state index contributed by atoms with van der Waals surface area (Å²) in [7, 11) is 35.3. The Bertz CT molecular complexity index is 254. The molecule has 0 rings (SSSR count). The molecule has 0 aliphatic heterocycles. The van der Waals surface area contributed by atoms with Crippen molar-refractivity contribution in [2.45, 2.75) is 39.5 Å². The van der Waals surface area contributed by atoms with Gasteiger partial charge in [-0.3, -0.25) is 0 Å². The summed E-state index contributed by atoms with van der Waals surface area (Å²) in [5.74, 6) is 4.68. The quantitative estimate of drug-likeness (QED) is 0.179. The molecule has 22 heavy (non-hydrogen) atoms. The second-order valence-electron chi connectivity index (χ2n) is 5.48. The highest BCUT2D eigenvalue weighted by molar-refractivity contribution is 8.79. The van der Waals surface area contributed by atoms with Crippen LogP contribution in [0.2, 0.25) is 0 Å². The van der Waals surface area contributed by atoms with Crippen molar-refractivity contribution >= 4 is 101 Å². The van der Waals surface area contributed by atoms with E-state index in [2.05, 4.69) is 13.8 Å². The Kier molecular flexibility index (Phi) is 15.2. The van der Waals surface area contributed by atoms with Crippen LogP contribution in [-0.2, 0) is 0 Å². The fourth-order valence-corrected chi connectivity index (χ4v) is 9.63. The van der Waals surface area contributed by atoms with Gasteiger partial charge in [-0.05, 0) is 117 Å². The zero-order chi connectivity index (χ0) is 17.2. The van der Waals surface area contributed by atoms with E-state index in [0.717, 1.165) is 24.3 Å². The Balaban J connectivity index is 3.41. The van der Waals surface area contributed by atoms with Gasteiger partial charge in [-0.15, -0.1) is 0 Å². The first-order valence-corrected chi connectivity index (χ1v) is 18.1. The van der Waals surface area contributed by atoms with Gasteiger partial charge in [-0.2, -0.15) is 0 Å². The minimum atomic E-state index is -1.92. The highest BCUT2D eigenvalue weighted by Gasteiger charge is 2.18. The lowest BCUT2D eigenvalue weighted by atomic mass is 10.1. The molecular formula is C12H24Cl6S4. The minimum Gasteiger partial charge on any atom is -0.0942 e. The first-order valence-electron chi connectivity index (χ1n) is 7.03. The average molecular weight is 509 g/mol. The molecule has 0 radical (unpaired) electrons. The van der Waals surface area contributed by atoms with Crippen molar-refractivity contribution < 1.29 is 0 Å². The topological polar surface area (TPSA) is 0 Å². The van der Waals surface area contributed by atoms with E-state index in [1.807, 2.05) is 21.6 Å². The van der Waals surface area contributed by atoms with E-state index in [9.17, 15) is 0 Å². The molecule has 0 saturated carbocycles. The van der Waals surface area contributed by atoms with E-state index in [1.165, 1.54) is 12.8 Å². The normalized spacial score (nSPS) is 17.3. The van der Waals surface area contributed by atoms with Gasteiger partial charge >= 0.3 is 0 Å². The molecule has 0 N–H and O–H groups in total. The van der Waals surface area contributed by atoms with Crippen molar-refractivity contribution in [2.24, 2.45) is 11.8 Å². The fourth-order valence-electron chi connectivity index (χ4n) is 1.91. The van der Waals surface area contributed by atoms with Crippen LogP contribution in [0.4, 0.5) is 0 Å². The molecule has 0 nitrogen and oxygen atoms in total. The molecule has 0 aromatic heterocycles. The molecule has 2 atom stereocenters. The van der Waals surface area contributed by atoms with E-state index < -0.39 is 15.3 Å². The maximum absolute atomic E-state index is 5.87. The summed E-state index contributed by atoms with van der Waals surface area (Å²) in [5, 5.41) is 0. The summed E-state index contributed by atoms with van der Waals surface area (Å²) in [6.07, 6.45) is 4.59. The van der Waals surface area contributed by atoms with Crippen LogP contribution in [0, 0.1) is 11.8 Å². The second-order valence-corrected chi connectivity index (χ2v) is 23.2. The van der Waals surface area contributed by atoms with E-state index in [0.29, 0.717) is 23.3 Å². The maximum atomic E-state index is 5.87. The van der Waals surface area contributed by atoms with Crippen molar-refractivity contribution in [3.8, 4) is 0 Å². The van der Waals surface area contributed by atoms with Gasteiger partial charge in [0.05, 0.1) is 0 Å². The van der Waals surface area contributed by atoms with Crippen molar-refractivity contribution in [2.75, 3.05) is 23.0 Å². The summed E-state index contributed by atoms with van der Waals surface area (Å²) in [5.41, 5.74) is 0. The Morgan fingerprint density at radius 3 is 1.27 bits per heavy atom. The molecule has 0 aromatic rings. The molecule has 0 aliphatic carbocycles. The predicted molar refractivity (Wildman–Crippen MR) is 122 cm³/mol. The third kappa shape index (κ3) is 19.5. The lowest BCUT2D eigenvalue weighted by Crippen LogP contribution is -2.02. The van der Waals surface area contributed by atoms with Gasteiger partial charge in [0.25, 0.3) is 0 Å². The largest absolute Gasteiger partial charge is 0.0942 e.